The van der Waals surface area contributed by atoms with Gasteiger partial charge < -0.3 is 19.5 Å². The van der Waals surface area contributed by atoms with E-state index in [1.807, 2.05) is 6.92 Å². The molecule has 0 bridgehead atoms. The average molecular weight is 405 g/mol. The van der Waals surface area contributed by atoms with Gasteiger partial charge in [0.25, 0.3) is 5.91 Å². The summed E-state index contributed by atoms with van der Waals surface area (Å²) in [6, 6.07) is 6.79. The molecule has 1 heterocycles. The molecule has 0 unspecified atom stereocenters. The third-order valence-corrected chi connectivity index (χ3v) is 4.93. The Balaban J connectivity index is 2.43. The van der Waals surface area contributed by atoms with Gasteiger partial charge in [0.15, 0.2) is 0 Å². The Labute approximate surface area is 167 Å². The molecule has 0 fully saturated rings. The molecule has 2 aromatic rings. The van der Waals surface area contributed by atoms with Crippen LogP contribution in [0.25, 0.3) is 0 Å². The van der Waals surface area contributed by atoms with E-state index in [-0.39, 0.29) is 28.7 Å². The lowest BCUT2D eigenvalue weighted by Gasteiger charge is -2.10. The van der Waals surface area contributed by atoms with Crippen molar-refractivity contribution in [3.8, 4) is 5.75 Å². The van der Waals surface area contributed by atoms with E-state index in [9.17, 15) is 14.4 Å². The zero-order valence-corrected chi connectivity index (χ0v) is 17.1. The maximum atomic E-state index is 12.8. The number of hydrogen-bond acceptors (Lipinski definition) is 7. The number of carbonyl (C=O) groups excluding carboxylic acids is 3. The molecule has 2 rings (SSSR count). The summed E-state index contributed by atoms with van der Waals surface area (Å²) in [5.41, 5.74) is 0.885. The van der Waals surface area contributed by atoms with Crippen LogP contribution in [0.2, 0.25) is 0 Å². The number of carbonyl (C=O) groups is 3. The van der Waals surface area contributed by atoms with E-state index in [2.05, 4.69) is 5.32 Å². The Hall–Kier alpha value is -2.87. The van der Waals surface area contributed by atoms with Crippen LogP contribution in [0.15, 0.2) is 24.3 Å². The van der Waals surface area contributed by atoms with Crippen LogP contribution in [0.3, 0.4) is 0 Å². The molecule has 8 heteroatoms. The van der Waals surface area contributed by atoms with Crippen LogP contribution in [0, 0.1) is 6.92 Å². The molecule has 0 saturated carbocycles. The van der Waals surface area contributed by atoms with Crippen molar-refractivity contribution in [1.29, 1.82) is 0 Å². The summed E-state index contributed by atoms with van der Waals surface area (Å²) < 4.78 is 15.6. The minimum absolute atomic E-state index is 0.150. The number of thiophene rings is 1. The van der Waals surface area contributed by atoms with Gasteiger partial charge >= 0.3 is 11.9 Å². The molecular weight excluding hydrogens is 382 g/mol. The van der Waals surface area contributed by atoms with E-state index in [1.54, 1.807) is 45.0 Å². The summed E-state index contributed by atoms with van der Waals surface area (Å²) in [6.45, 7) is 7.60. The molecule has 1 aromatic carbocycles. The highest BCUT2D eigenvalue weighted by Gasteiger charge is 2.28. The summed E-state index contributed by atoms with van der Waals surface area (Å²) in [7, 11) is 0. The number of anilines is 1. The van der Waals surface area contributed by atoms with Crippen molar-refractivity contribution in [3.63, 3.8) is 0 Å². The van der Waals surface area contributed by atoms with Gasteiger partial charge in [0.05, 0.1) is 30.9 Å². The molecule has 7 nitrogen and oxygen atoms in total. The van der Waals surface area contributed by atoms with Gasteiger partial charge in [-0.25, -0.2) is 9.59 Å². The molecule has 0 aliphatic heterocycles. The predicted octanol–water partition coefficient (Wildman–Crippen LogP) is 4.06. The maximum absolute atomic E-state index is 12.8. The highest BCUT2D eigenvalue weighted by Crippen LogP contribution is 2.35. The number of benzene rings is 1. The van der Waals surface area contributed by atoms with E-state index in [0.717, 1.165) is 11.3 Å². The fourth-order valence-corrected chi connectivity index (χ4v) is 3.63. The molecule has 150 valence electrons. The normalized spacial score (nSPS) is 10.3. The predicted molar refractivity (Wildman–Crippen MR) is 107 cm³/mol. The van der Waals surface area contributed by atoms with Crippen LogP contribution in [0.4, 0.5) is 5.00 Å². The molecular formula is C20H23NO6S. The zero-order valence-electron chi connectivity index (χ0n) is 16.3. The number of rotatable bonds is 8. The number of esters is 2. The van der Waals surface area contributed by atoms with Crippen LogP contribution >= 0.6 is 11.3 Å². The summed E-state index contributed by atoms with van der Waals surface area (Å²) >= 11 is 0.982. The molecule has 1 N–H and O–H groups in total. The Morgan fingerprint density at radius 3 is 2.25 bits per heavy atom. The minimum atomic E-state index is -0.611. The third-order valence-electron chi connectivity index (χ3n) is 3.75. The summed E-state index contributed by atoms with van der Waals surface area (Å²) in [6.07, 6.45) is 0. The first kappa shape index (κ1) is 21.4. The van der Waals surface area contributed by atoms with Crippen molar-refractivity contribution in [2.45, 2.75) is 27.7 Å². The average Bonchev–Trinajstić information content (AvgIpc) is 2.99. The van der Waals surface area contributed by atoms with Gasteiger partial charge in [0.1, 0.15) is 15.6 Å². The van der Waals surface area contributed by atoms with Crippen molar-refractivity contribution >= 4 is 34.2 Å². The highest BCUT2D eigenvalue weighted by atomic mass is 32.1. The molecule has 0 atom stereocenters. The van der Waals surface area contributed by atoms with Gasteiger partial charge in [0, 0.05) is 0 Å². The van der Waals surface area contributed by atoms with Gasteiger partial charge in [-0.2, -0.15) is 0 Å². The third kappa shape index (κ3) is 4.69. The van der Waals surface area contributed by atoms with Crippen molar-refractivity contribution in [2.24, 2.45) is 0 Å². The summed E-state index contributed by atoms with van der Waals surface area (Å²) in [4.78, 5) is 37.7. The van der Waals surface area contributed by atoms with Gasteiger partial charge in [-0.1, -0.05) is 12.1 Å². The van der Waals surface area contributed by atoms with Crippen LogP contribution in [-0.2, 0) is 9.47 Å². The van der Waals surface area contributed by atoms with E-state index in [4.69, 9.17) is 14.2 Å². The molecule has 0 aliphatic rings. The number of ether oxygens (including phenoxy) is 3. The monoisotopic (exact) mass is 405 g/mol. The molecule has 0 radical (unpaired) electrons. The maximum Gasteiger partial charge on any atom is 0.348 e. The van der Waals surface area contributed by atoms with Crippen LogP contribution in [0.1, 0.15) is 56.7 Å². The van der Waals surface area contributed by atoms with Crippen LogP contribution in [-0.4, -0.2) is 37.7 Å². The largest absolute Gasteiger partial charge is 0.493 e. The van der Waals surface area contributed by atoms with Crippen LogP contribution in [0.5, 0.6) is 5.75 Å². The van der Waals surface area contributed by atoms with Gasteiger partial charge in [-0.3, -0.25) is 4.79 Å². The number of amides is 1. The quantitative estimate of drug-likeness (QED) is 0.666. The molecule has 28 heavy (non-hydrogen) atoms. The fraction of sp³-hybridized carbons (Fsp3) is 0.350. The smallest absolute Gasteiger partial charge is 0.348 e. The van der Waals surface area contributed by atoms with E-state index in [0.29, 0.717) is 23.5 Å². The lowest BCUT2D eigenvalue weighted by atomic mass is 10.1. The van der Waals surface area contributed by atoms with Crippen molar-refractivity contribution in [2.75, 3.05) is 25.1 Å². The zero-order chi connectivity index (χ0) is 20.7. The van der Waals surface area contributed by atoms with Gasteiger partial charge in [-0.05, 0) is 45.4 Å². The lowest BCUT2D eigenvalue weighted by Crippen LogP contribution is -2.16. The Morgan fingerprint density at radius 2 is 1.61 bits per heavy atom. The van der Waals surface area contributed by atoms with Crippen molar-refractivity contribution < 1.29 is 28.6 Å². The first-order valence-electron chi connectivity index (χ1n) is 8.95. The Morgan fingerprint density at radius 1 is 0.964 bits per heavy atom. The lowest BCUT2D eigenvalue weighted by molar-refractivity contribution is 0.0527. The summed E-state index contributed by atoms with van der Waals surface area (Å²) in [5, 5.41) is 2.95. The number of para-hydroxylation sites is 1. The van der Waals surface area contributed by atoms with Gasteiger partial charge in [0.2, 0.25) is 0 Å². The summed E-state index contributed by atoms with van der Waals surface area (Å²) in [5.74, 6) is -1.18. The number of nitrogens with one attached hydrogen (secondary N) is 1. The van der Waals surface area contributed by atoms with Gasteiger partial charge in [-0.15, -0.1) is 11.3 Å². The highest BCUT2D eigenvalue weighted by molar-refractivity contribution is 7.18. The van der Waals surface area contributed by atoms with E-state index in [1.165, 1.54) is 0 Å². The van der Waals surface area contributed by atoms with Crippen LogP contribution < -0.4 is 10.1 Å². The Bertz CT molecular complexity index is 874. The second-order valence-electron chi connectivity index (χ2n) is 5.58. The molecule has 1 aromatic heterocycles. The Kier molecular flexibility index (Phi) is 7.57. The SMILES string of the molecule is CCOC(=O)c1sc(NC(=O)c2ccccc2OCC)c(C(=O)OCC)c1C. The second kappa shape index (κ2) is 9.89. The molecule has 1 amide bonds. The first-order valence-corrected chi connectivity index (χ1v) is 9.76. The molecule has 0 aliphatic carbocycles. The standard InChI is InChI=1S/C20H23NO6S/c1-5-25-14-11-9-8-10-13(14)17(22)21-18-15(19(23)26-6-2)12(4)16(28-18)20(24)27-7-3/h8-11H,5-7H2,1-4H3,(H,21,22). The first-order chi connectivity index (χ1) is 13.4. The molecule has 0 saturated heterocycles. The fourth-order valence-electron chi connectivity index (χ4n) is 2.55. The van der Waals surface area contributed by atoms with E-state index >= 15 is 0 Å². The topological polar surface area (TPSA) is 90.9 Å². The van der Waals surface area contributed by atoms with Crippen molar-refractivity contribution in [3.05, 3.63) is 45.8 Å². The minimum Gasteiger partial charge on any atom is -0.493 e. The number of hydrogen-bond donors (Lipinski definition) is 1. The molecule has 0 spiro atoms. The second-order valence-corrected chi connectivity index (χ2v) is 6.61. The van der Waals surface area contributed by atoms with E-state index < -0.39 is 17.8 Å². The van der Waals surface area contributed by atoms with Crippen molar-refractivity contribution in [1.82, 2.24) is 0 Å².